The number of aromatic amines is 2. The van der Waals surface area contributed by atoms with Crippen molar-refractivity contribution in [3.05, 3.63) is 64.6 Å². The number of amides is 2. The van der Waals surface area contributed by atoms with Crippen molar-refractivity contribution >= 4 is 28.5 Å². The molecule has 1 unspecified atom stereocenters. The molecule has 1 atom stereocenters. The molecule has 4 rings (SSSR count). The molecule has 7 heteroatoms. The second kappa shape index (κ2) is 5.94. The van der Waals surface area contributed by atoms with Crippen molar-refractivity contribution in [3.63, 3.8) is 0 Å². The zero-order chi connectivity index (χ0) is 17.4. The number of rotatable bonds is 3. The summed E-state index contributed by atoms with van der Waals surface area (Å²) in [6.07, 6.45) is 0.268. The lowest BCUT2D eigenvalue weighted by atomic mass is 10.1. The maximum absolute atomic E-state index is 12.5. The van der Waals surface area contributed by atoms with E-state index in [1.165, 1.54) is 0 Å². The molecule has 0 bridgehead atoms. The quantitative estimate of drug-likeness (QED) is 0.674. The van der Waals surface area contributed by atoms with Crippen molar-refractivity contribution in [2.45, 2.75) is 12.5 Å². The highest BCUT2D eigenvalue weighted by atomic mass is 16.2. The van der Waals surface area contributed by atoms with E-state index in [-0.39, 0.29) is 30.0 Å². The number of aromatic nitrogens is 2. The van der Waals surface area contributed by atoms with Crippen molar-refractivity contribution < 1.29 is 9.59 Å². The number of anilines is 1. The van der Waals surface area contributed by atoms with Crippen LogP contribution in [0, 0.1) is 0 Å². The van der Waals surface area contributed by atoms with Crippen LogP contribution in [-0.2, 0) is 4.79 Å². The Hall–Kier alpha value is -3.35. The number of imidazole rings is 1. The molecule has 7 nitrogen and oxygen atoms in total. The van der Waals surface area contributed by atoms with Crippen molar-refractivity contribution in [1.82, 2.24) is 15.3 Å². The van der Waals surface area contributed by atoms with Gasteiger partial charge in [0, 0.05) is 24.2 Å². The van der Waals surface area contributed by atoms with E-state index >= 15 is 0 Å². The molecule has 126 valence electrons. The molecule has 1 aliphatic rings. The summed E-state index contributed by atoms with van der Waals surface area (Å²) in [5.74, 6) is -0.279. The first kappa shape index (κ1) is 15.2. The molecule has 25 heavy (non-hydrogen) atoms. The van der Waals surface area contributed by atoms with Gasteiger partial charge in [0.25, 0.3) is 5.91 Å². The van der Waals surface area contributed by atoms with Crippen LogP contribution in [-0.4, -0.2) is 34.4 Å². The van der Waals surface area contributed by atoms with Gasteiger partial charge in [-0.15, -0.1) is 0 Å². The van der Waals surface area contributed by atoms with Crippen LogP contribution in [0.2, 0.25) is 0 Å². The third kappa shape index (κ3) is 2.91. The van der Waals surface area contributed by atoms with Crippen molar-refractivity contribution in [1.29, 1.82) is 0 Å². The molecule has 0 spiro atoms. The number of carbonyl (C=O) groups is 2. The van der Waals surface area contributed by atoms with Gasteiger partial charge < -0.3 is 20.2 Å². The predicted octanol–water partition coefficient (Wildman–Crippen LogP) is 1.39. The summed E-state index contributed by atoms with van der Waals surface area (Å²) in [4.78, 5) is 42.9. The van der Waals surface area contributed by atoms with Crippen molar-refractivity contribution in [2.75, 3.05) is 11.4 Å². The monoisotopic (exact) mass is 336 g/mol. The Morgan fingerprint density at radius 3 is 2.60 bits per heavy atom. The van der Waals surface area contributed by atoms with Crippen LogP contribution in [0.4, 0.5) is 5.69 Å². The summed E-state index contributed by atoms with van der Waals surface area (Å²) in [6, 6.07) is 14.1. The first-order valence-corrected chi connectivity index (χ1v) is 7.98. The fourth-order valence-corrected chi connectivity index (χ4v) is 3.10. The number of carbonyl (C=O) groups excluding carboxylic acids is 2. The van der Waals surface area contributed by atoms with Gasteiger partial charge in [-0.2, -0.15) is 0 Å². The molecule has 0 radical (unpaired) electrons. The maximum atomic E-state index is 12.5. The Kier molecular flexibility index (Phi) is 3.61. The number of nitrogens with one attached hydrogen (secondary N) is 3. The van der Waals surface area contributed by atoms with Gasteiger partial charge in [0.15, 0.2) is 0 Å². The van der Waals surface area contributed by atoms with Crippen molar-refractivity contribution in [3.8, 4) is 0 Å². The van der Waals surface area contributed by atoms with E-state index in [9.17, 15) is 14.4 Å². The third-order valence-electron chi connectivity index (χ3n) is 4.31. The first-order valence-electron chi connectivity index (χ1n) is 7.98. The Bertz CT molecular complexity index is 1010. The molecule has 1 saturated heterocycles. The fourth-order valence-electron chi connectivity index (χ4n) is 3.10. The lowest BCUT2D eigenvalue weighted by Gasteiger charge is -2.17. The van der Waals surface area contributed by atoms with Gasteiger partial charge in [-0.25, -0.2) is 4.79 Å². The SMILES string of the molecule is O=C(NC1CC(=O)N(c2ccccc2)C1)c1ccc2[nH]c(=O)[nH]c2c1. The Morgan fingerprint density at radius 2 is 1.80 bits per heavy atom. The molecule has 1 aromatic heterocycles. The van der Waals surface area contributed by atoms with Crippen LogP contribution >= 0.6 is 0 Å². The number of para-hydroxylation sites is 1. The van der Waals surface area contributed by atoms with Gasteiger partial charge in [-0.3, -0.25) is 9.59 Å². The van der Waals surface area contributed by atoms with Crippen LogP contribution in [0.1, 0.15) is 16.8 Å². The minimum Gasteiger partial charge on any atom is -0.347 e. The topological polar surface area (TPSA) is 98.1 Å². The number of fused-ring (bicyclic) bond motifs is 1. The van der Waals surface area contributed by atoms with Crippen LogP contribution in [0.3, 0.4) is 0 Å². The van der Waals surface area contributed by atoms with E-state index in [4.69, 9.17) is 0 Å². The van der Waals surface area contributed by atoms with Crippen LogP contribution < -0.4 is 15.9 Å². The van der Waals surface area contributed by atoms with Gasteiger partial charge in [0.1, 0.15) is 0 Å². The summed E-state index contributed by atoms with van der Waals surface area (Å²) in [6.45, 7) is 0.442. The number of nitrogens with zero attached hydrogens (tertiary/aromatic N) is 1. The molecule has 0 aliphatic carbocycles. The van der Waals surface area contributed by atoms with Gasteiger partial charge in [-0.1, -0.05) is 18.2 Å². The second-order valence-corrected chi connectivity index (χ2v) is 6.05. The Balaban J connectivity index is 1.49. The minimum atomic E-state index is -0.313. The van der Waals surface area contributed by atoms with Crippen LogP contribution in [0.25, 0.3) is 11.0 Å². The fraction of sp³-hybridized carbons (Fsp3) is 0.167. The zero-order valence-corrected chi connectivity index (χ0v) is 13.3. The molecule has 1 aliphatic heterocycles. The van der Waals surface area contributed by atoms with Gasteiger partial charge in [0.05, 0.1) is 17.1 Å². The summed E-state index contributed by atoms with van der Waals surface area (Å²) in [5.41, 5.74) is 2.18. The van der Waals surface area contributed by atoms with Gasteiger partial charge >= 0.3 is 5.69 Å². The molecule has 2 heterocycles. The lowest BCUT2D eigenvalue weighted by Crippen LogP contribution is -2.37. The third-order valence-corrected chi connectivity index (χ3v) is 4.31. The molecular formula is C18H16N4O3. The molecule has 0 saturated carbocycles. The Labute approximate surface area is 142 Å². The lowest BCUT2D eigenvalue weighted by molar-refractivity contribution is -0.117. The summed E-state index contributed by atoms with van der Waals surface area (Å²) < 4.78 is 0. The van der Waals surface area contributed by atoms with E-state index in [1.807, 2.05) is 30.3 Å². The minimum absolute atomic E-state index is 0.0121. The second-order valence-electron chi connectivity index (χ2n) is 6.05. The van der Waals surface area contributed by atoms with E-state index < -0.39 is 0 Å². The number of benzene rings is 2. The van der Waals surface area contributed by atoms with E-state index in [0.717, 1.165) is 5.69 Å². The summed E-state index contributed by atoms with van der Waals surface area (Å²) >= 11 is 0. The normalized spacial score (nSPS) is 17.2. The predicted molar refractivity (Wildman–Crippen MR) is 93.6 cm³/mol. The molecule has 1 fully saturated rings. The largest absolute Gasteiger partial charge is 0.347 e. The highest BCUT2D eigenvalue weighted by Crippen LogP contribution is 2.21. The maximum Gasteiger partial charge on any atom is 0.323 e. The van der Waals surface area contributed by atoms with Crippen molar-refractivity contribution in [2.24, 2.45) is 0 Å². The Morgan fingerprint density at radius 1 is 1.04 bits per heavy atom. The average molecular weight is 336 g/mol. The molecular weight excluding hydrogens is 320 g/mol. The highest BCUT2D eigenvalue weighted by Gasteiger charge is 2.31. The summed E-state index contributed by atoms with van der Waals surface area (Å²) in [7, 11) is 0. The van der Waals surface area contributed by atoms with E-state index in [1.54, 1.807) is 23.1 Å². The van der Waals surface area contributed by atoms with E-state index in [0.29, 0.717) is 23.1 Å². The molecule has 2 aromatic carbocycles. The molecule has 2 amide bonds. The highest BCUT2D eigenvalue weighted by molar-refractivity contribution is 6.00. The first-order chi connectivity index (χ1) is 12.1. The number of hydrogen-bond acceptors (Lipinski definition) is 3. The van der Waals surface area contributed by atoms with Gasteiger partial charge in [-0.05, 0) is 30.3 Å². The van der Waals surface area contributed by atoms with Crippen LogP contribution in [0.5, 0.6) is 0 Å². The van der Waals surface area contributed by atoms with Crippen LogP contribution in [0.15, 0.2) is 53.3 Å². The average Bonchev–Trinajstić information content (AvgIpc) is 3.16. The van der Waals surface area contributed by atoms with E-state index in [2.05, 4.69) is 15.3 Å². The van der Waals surface area contributed by atoms with Gasteiger partial charge in [0.2, 0.25) is 5.91 Å². The zero-order valence-electron chi connectivity index (χ0n) is 13.3. The molecule has 3 N–H and O–H groups in total. The smallest absolute Gasteiger partial charge is 0.323 e. The standard InChI is InChI=1S/C18H16N4O3/c23-16-9-12(10-22(16)13-4-2-1-3-5-13)19-17(24)11-6-7-14-15(8-11)21-18(25)20-14/h1-8,12H,9-10H2,(H,19,24)(H2,20,21,25). The number of hydrogen-bond donors (Lipinski definition) is 3. The summed E-state index contributed by atoms with van der Waals surface area (Å²) in [5, 5.41) is 2.89. The molecule has 3 aromatic rings. The number of H-pyrrole nitrogens is 2.